The van der Waals surface area contributed by atoms with Gasteiger partial charge in [0.2, 0.25) is 4.38 Å². The molecule has 0 aromatic heterocycles. The van der Waals surface area contributed by atoms with Crippen LogP contribution in [0.3, 0.4) is 0 Å². The summed E-state index contributed by atoms with van der Waals surface area (Å²) in [5.74, 6) is 1.24. The number of rotatable bonds is 7. The summed E-state index contributed by atoms with van der Waals surface area (Å²) in [6, 6.07) is 0. The van der Waals surface area contributed by atoms with Crippen molar-refractivity contribution in [3.63, 3.8) is 0 Å². The molecule has 2 atom stereocenters. The van der Waals surface area contributed by atoms with Gasteiger partial charge in [0.05, 0.1) is 0 Å². The lowest BCUT2D eigenvalue weighted by Gasteiger charge is -2.26. The fourth-order valence-corrected chi connectivity index (χ4v) is 1.43. The maximum atomic E-state index is 5.42. The number of thiocarbonyl (C=S) groups is 1. The van der Waals surface area contributed by atoms with Crippen LogP contribution < -0.4 is 0 Å². The molecule has 0 radical (unpaired) electrons. The van der Waals surface area contributed by atoms with Gasteiger partial charge in [-0.15, -0.1) is 5.06 Å². The molecule has 0 aliphatic rings. The van der Waals surface area contributed by atoms with Gasteiger partial charge in [-0.05, 0) is 24.1 Å². The van der Waals surface area contributed by atoms with Crippen molar-refractivity contribution in [2.45, 2.75) is 40.5 Å². The van der Waals surface area contributed by atoms with Crippen LogP contribution in [-0.4, -0.2) is 22.5 Å². The third-order valence-corrected chi connectivity index (χ3v) is 2.79. The highest BCUT2D eigenvalue weighted by Gasteiger charge is 2.14. The van der Waals surface area contributed by atoms with E-state index in [-0.39, 0.29) is 0 Å². The quantitative estimate of drug-likeness (QED) is 0.421. The summed E-state index contributed by atoms with van der Waals surface area (Å²) in [5, 5.41) is 1.94. The zero-order chi connectivity index (χ0) is 11.8. The first-order valence-corrected chi connectivity index (χ1v) is 6.50. The van der Waals surface area contributed by atoms with Crippen LogP contribution in [0.1, 0.15) is 40.5 Å². The van der Waals surface area contributed by atoms with Gasteiger partial charge in [-0.25, -0.2) is 0 Å². The minimum Gasteiger partial charge on any atom is -0.387 e. The zero-order valence-electron chi connectivity index (χ0n) is 10.2. The van der Waals surface area contributed by atoms with Gasteiger partial charge in [-0.1, -0.05) is 53.2 Å². The summed E-state index contributed by atoms with van der Waals surface area (Å²) in [4.78, 5) is 5.42. The van der Waals surface area contributed by atoms with Crippen LogP contribution >= 0.6 is 24.8 Å². The molecule has 4 heteroatoms. The Labute approximate surface area is 105 Å². The standard InChI is InChI=1S/C11H23NOS2/c1-5-9(3)7-12(13-11(14)15)8-10(4)6-2/h9-10H,5-8H2,1-4H3,(H,14,15). The van der Waals surface area contributed by atoms with E-state index in [1.807, 2.05) is 5.06 Å². The molecule has 0 aliphatic heterocycles. The van der Waals surface area contributed by atoms with Gasteiger partial charge >= 0.3 is 0 Å². The van der Waals surface area contributed by atoms with Crippen molar-refractivity contribution in [1.29, 1.82) is 0 Å². The van der Waals surface area contributed by atoms with Gasteiger partial charge < -0.3 is 4.84 Å². The van der Waals surface area contributed by atoms with Gasteiger partial charge in [-0.2, -0.15) is 0 Å². The van der Waals surface area contributed by atoms with Crippen LogP contribution in [0.25, 0.3) is 0 Å². The highest BCUT2D eigenvalue weighted by Crippen LogP contribution is 2.11. The lowest BCUT2D eigenvalue weighted by Crippen LogP contribution is -2.33. The molecule has 0 heterocycles. The molecule has 15 heavy (non-hydrogen) atoms. The molecule has 0 amide bonds. The monoisotopic (exact) mass is 249 g/mol. The predicted octanol–water partition coefficient (Wildman–Crippen LogP) is 3.53. The van der Waals surface area contributed by atoms with E-state index >= 15 is 0 Å². The first-order chi connectivity index (χ1) is 6.99. The van der Waals surface area contributed by atoms with Crippen molar-refractivity contribution >= 4 is 29.2 Å². The zero-order valence-corrected chi connectivity index (χ0v) is 11.9. The van der Waals surface area contributed by atoms with Gasteiger partial charge in [-0.3, -0.25) is 0 Å². The molecule has 0 saturated heterocycles. The molecular formula is C11H23NOS2. The van der Waals surface area contributed by atoms with Gasteiger partial charge in [0.1, 0.15) is 0 Å². The van der Waals surface area contributed by atoms with Crippen molar-refractivity contribution in [1.82, 2.24) is 5.06 Å². The third kappa shape index (κ3) is 8.05. The van der Waals surface area contributed by atoms with Crippen LogP contribution in [-0.2, 0) is 4.84 Å². The molecule has 2 nitrogen and oxygen atoms in total. The Balaban J connectivity index is 4.11. The lowest BCUT2D eigenvalue weighted by molar-refractivity contribution is -0.0853. The summed E-state index contributed by atoms with van der Waals surface area (Å²) >= 11 is 8.86. The van der Waals surface area contributed by atoms with Crippen molar-refractivity contribution in [2.24, 2.45) is 11.8 Å². The van der Waals surface area contributed by atoms with E-state index in [0.29, 0.717) is 16.2 Å². The lowest BCUT2D eigenvalue weighted by atomic mass is 10.1. The largest absolute Gasteiger partial charge is 0.387 e. The van der Waals surface area contributed by atoms with E-state index in [9.17, 15) is 0 Å². The Bertz CT molecular complexity index is 175. The summed E-state index contributed by atoms with van der Waals surface area (Å²) < 4.78 is 0.307. The topological polar surface area (TPSA) is 12.5 Å². The molecule has 0 spiro atoms. The number of thiol groups is 1. The minimum absolute atomic E-state index is 0.307. The first kappa shape index (κ1) is 15.2. The molecule has 0 saturated carbocycles. The Morgan fingerprint density at radius 1 is 1.20 bits per heavy atom. The van der Waals surface area contributed by atoms with Crippen molar-refractivity contribution in [3.05, 3.63) is 0 Å². The highest BCUT2D eigenvalue weighted by atomic mass is 32.1. The molecule has 0 rings (SSSR count). The molecule has 90 valence electrons. The van der Waals surface area contributed by atoms with Crippen molar-refractivity contribution in [3.8, 4) is 0 Å². The van der Waals surface area contributed by atoms with E-state index in [2.05, 4.69) is 40.3 Å². The molecule has 0 aromatic rings. The van der Waals surface area contributed by atoms with Gasteiger partial charge in [0.15, 0.2) is 0 Å². The average Bonchev–Trinajstić information content (AvgIpc) is 2.16. The fourth-order valence-electron chi connectivity index (χ4n) is 1.21. The van der Waals surface area contributed by atoms with E-state index in [1.54, 1.807) is 0 Å². The normalized spacial score (nSPS) is 15.1. The molecule has 0 aromatic carbocycles. The Hall–Kier alpha value is 0.200. The molecule has 0 fully saturated rings. The number of nitrogens with zero attached hydrogens (tertiary/aromatic N) is 1. The fraction of sp³-hybridized carbons (Fsp3) is 0.909. The summed E-state index contributed by atoms with van der Waals surface area (Å²) in [6.07, 6.45) is 2.30. The Kier molecular flexibility index (Phi) is 8.47. The van der Waals surface area contributed by atoms with Crippen LogP contribution in [0.4, 0.5) is 0 Å². The van der Waals surface area contributed by atoms with Crippen LogP contribution in [0.2, 0.25) is 0 Å². The molecule has 0 bridgehead atoms. The van der Waals surface area contributed by atoms with Crippen LogP contribution in [0.5, 0.6) is 0 Å². The third-order valence-electron chi connectivity index (χ3n) is 2.63. The number of hydrogen-bond acceptors (Lipinski definition) is 3. The van der Waals surface area contributed by atoms with E-state index in [1.165, 1.54) is 0 Å². The van der Waals surface area contributed by atoms with Crippen molar-refractivity contribution in [2.75, 3.05) is 13.1 Å². The second-order valence-corrected chi connectivity index (χ2v) is 5.31. The van der Waals surface area contributed by atoms with Gasteiger partial charge in [0, 0.05) is 13.1 Å². The van der Waals surface area contributed by atoms with Gasteiger partial charge in [0.25, 0.3) is 0 Å². The van der Waals surface area contributed by atoms with E-state index < -0.39 is 0 Å². The number of hydroxylamine groups is 2. The maximum absolute atomic E-state index is 5.42. The Morgan fingerprint density at radius 2 is 1.60 bits per heavy atom. The molecular weight excluding hydrogens is 226 g/mol. The predicted molar refractivity (Wildman–Crippen MR) is 73.2 cm³/mol. The Morgan fingerprint density at radius 3 is 1.87 bits per heavy atom. The van der Waals surface area contributed by atoms with E-state index in [4.69, 9.17) is 17.1 Å². The van der Waals surface area contributed by atoms with E-state index in [0.717, 1.165) is 25.9 Å². The highest BCUT2D eigenvalue weighted by molar-refractivity contribution is 8.10. The average molecular weight is 249 g/mol. The van der Waals surface area contributed by atoms with Crippen LogP contribution in [0.15, 0.2) is 0 Å². The number of hydrogen-bond donors (Lipinski definition) is 1. The minimum atomic E-state index is 0.307. The molecule has 2 unspecified atom stereocenters. The second kappa shape index (κ2) is 8.36. The summed E-state index contributed by atoms with van der Waals surface area (Å²) in [5.41, 5.74) is 0. The maximum Gasteiger partial charge on any atom is 0.241 e. The molecule has 0 aliphatic carbocycles. The molecule has 0 N–H and O–H groups in total. The SMILES string of the molecule is CCC(C)CN(CC(C)CC)OC(=S)S. The first-order valence-electron chi connectivity index (χ1n) is 5.65. The second-order valence-electron chi connectivity index (χ2n) is 4.23. The summed E-state index contributed by atoms with van der Waals surface area (Å²) in [7, 11) is 0. The van der Waals surface area contributed by atoms with Crippen LogP contribution in [0, 0.1) is 11.8 Å². The van der Waals surface area contributed by atoms with Crippen molar-refractivity contribution < 1.29 is 4.84 Å². The summed E-state index contributed by atoms with van der Waals surface area (Å²) in [6.45, 7) is 10.6. The smallest absolute Gasteiger partial charge is 0.241 e.